The van der Waals surface area contributed by atoms with Crippen LogP contribution in [-0.4, -0.2) is 23.5 Å². The molecule has 6 heteroatoms. The molecule has 0 fully saturated rings. The zero-order chi connectivity index (χ0) is 35.3. The monoisotopic (exact) mass is 691 g/mol. The van der Waals surface area contributed by atoms with Gasteiger partial charge in [0, 0.05) is 50.3 Å². The lowest BCUT2D eigenvalue weighted by atomic mass is 10.0. The van der Waals surface area contributed by atoms with Gasteiger partial charge in [-0.2, -0.15) is 0 Å². The summed E-state index contributed by atoms with van der Waals surface area (Å²) in [7, 11) is 0. The number of para-hydroxylation sites is 5. The van der Waals surface area contributed by atoms with Crippen molar-refractivity contribution in [1.29, 1.82) is 0 Å². The first-order valence-corrected chi connectivity index (χ1v) is 18.2. The topological polar surface area (TPSA) is 49.3 Å². The van der Waals surface area contributed by atoms with Crippen molar-refractivity contribution in [2.45, 2.75) is 0 Å². The fourth-order valence-electron chi connectivity index (χ4n) is 8.67. The summed E-state index contributed by atoms with van der Waals surface area (Å²) in [4.78, 5) is 10.00. The van der Waals surface area contributed by atoms with E-state index in [1.807, 2.05) is 24.4 Å². The highest BCUT2D eigenvalue weighted by molar-refractivity contribution is 6.27. The molecule has 12 rings (SSSR count). The molecule has 0 amide bonds. The van der Waals surface area contributed by atoms with Crippen molar-refractivity contribution in [2.24, 2.45) is 0 Å². The number of aromatic nitrogens is 5. The van der Waals surface area contributed by atoms with Gasteiger partial charge in [-0.1, -0.05) is 78.9 Å². The summed E-state index contributed by atoms with van der Waals surface area (Å²) in [5, 5.41) is 8.07. The van der Waals surface area contributed by atoms with E-state index < -0.39 is 0 Å². The number of imidazole rings is 1. The van der Waals surface area contributed by atoms with Crippen molar-refractivity contribution in [3.63, 3.8) is 0 Å². The van der Waals surface area contributed by atoms with Gasteiger partial charge in [-0.3, -0.25) is 8.97 Å². The molecule has 0 saturated carbocycles. The van der Waals surface area contributed by atoms with Crippen molar-refractivity contribution in [3.05, 3.63) is 176 Å². The van der Waals surface area contributed by atoms with Crippen LogP contribution >= 0.6 is 0 Å². The van der Waals surface area contributed by atoms with E-state index in [-0.39, 0.29) is 0 Å². The van der Waals surface area contributed by atoms with Gasteiger partial charge in [0.15, 0.2) is 0 Å². The van der Waals surface area contributed by atoms with E-state index in [1.165, 1.54) is 21.7 Å². The Balaban J connectivity index is 1.11. The van der Waals surface area contributed by atoms with Gasteiger partial charge >= 0.3 is 0 Å². The van der Waals surface area contributed by atoms with Crippen LogP contribution in [0.2, 0.25) is 0 Å². The predicted octanol–water partition coefficient (Wildman–Crippen LogP) is 12.2. The van der Waals surface area contributed by atoms with Crippen molar-refractivity contribution in [2.75, 3.05) is 0 Å². The first-order valence-electron chi connectivity index (χ1n) is 18.2. The second kappa shape index (κ2) is 11.0. The number of nitrogens with zero attached hydrogens (tertiary/aromatic N) is 5. The minimum atomic E-state index is 0.748. The lowest BCUT2D eigenvalue weighted by molar-refractivity contribution is 0.484. The summed E-state index contributed by atoms with van der Waals surface area (Å²) in [5.74, 6) is 2.37. The summed E-state index contributed by atoms with van der Waals surface area (Å²) in [6.07, 6.45) is 1.83. The molecule has 0 spiro atoms. The number of hydrogen-bond donors (Lipinski definition) is 0. The SMILES string of the molecule is c1ccc(-n2c3ccccc3c3c2ccc2c4ccc(Oc5ccc6c7ccccc7n(-c7ccccn7)c6c5)cc4c4nc5ccccc5n4c23)cc1. The smallest absolute Gasteiger partial charge is 0.146 e. The van der Waals surface area contributed by atoms with E-state index in [9.17, 15) is 0 Å². The van der Waals surface area contributed by atoms with Crippen LogP contribution < -0.4 is 4.74 Å². The molecule has 54 heavy (non-hydrogen) atoms. The van der Waals surface area contributed by atoms with E-state index in [4.69, 9.17) is 14.7 Å². The summed E-state index contributed by atoms with van der Waals surface area (Å²) in [6.45, 7) is 0. The molecule has 5 heterocycles. The molecule has 0 radical (unpaired) electrons. The lowest BCUT2D eigenvalue weighted by Gasteiger charge is -2.13. The zero-order valence-corrected chi connectivity index (χ0v) is 28.9. The lowest BCUT2D eigenvalue weighted by Crippen LogP contribution is -1.96. The molecule has 12 aromatic rings. The second-order valence-electron chi connectivity index (χ2n) is 13.8. The highest BCUT2D eigenvalue weighted by atomic mass is 16.5. The fraction of sp³-hybridized carbons (Fsp3) is 0. The first-order chi connectivity index (χ1) is 26.8. The molecule has 252 valence electrons. The van der Waals surface area contributed by atoms with Gasteiger partial charge in [0.05, 0.1) is 38.6 Å². The van der Waals surface area contributed by atoms with Gasteiger partial charge in [0.25, 0.3) is 0 Å². The van der Waals surface area contributed by atoms with Crippen LogP contribution in [0.5, 0.6) is 11.5 Å². The summed E-state index contributed by atoms with van der Waals surface area (Å²) in [6, 6.07) is 59.5. The van der Waals surface area contributed by atoms with Crippen LogP contribution in [0.4, 0.5) is 0 Å². The standard InChI is InChI=1S/C48H29N5O/c1-2-12-30(13-3-1)51-41-18-8-5-15-37(41)46-43(51)26-25-36-33-23-21-31(28-38(33)48-50-39-16-6-9-19-42(39)53(48)47(36)46)54-32-22-24-35-34-14-4-7-17-40(34)52(44(35)29-32)45-20-10-11-27-49-45/h1-29H. The Bertz CT molecular complexity index is 3470. The van der Waals surface area contributed by atoms with Gasteiger partial charge in [0.1, 0.15) is 23.0 Å². The Hall–Kier alpha value is -7.44. The Labute approximate surface area is 308 Å². The number of rotatable bonds is 4. The maximum absolute atomic E-state index is 6.72. The molecule has 0 saturated heterocycles. The van der Waals surface area contributed by atoms with Crippen LogP contribution in [0.15, 0.2) is 176 Å². The quantitative estimate of drug-likeness (QED) is 0.173. The third-order valence-electron chi connectivity index (χ3n) is 10.9. The average Bonchev–Trinajstić information content (AvgIpc) is 3.89. The van der Waals surface area contributed by atoms with Crippen LogP contribution in [0.25, 0.3) is 93.5 Å². The van der Waals surface area contributed by atoms with Gasteiger partial charge in [-0.25, -0.2) is 9.97 Å². The van der Waals surface area contributed by atoms with Gasteiger partial charge in [0.2, 0.25) is 0 Å². The molecule has 6 nitrogen and oxygen atoms in total. The normalized spacial score (nSPS) is 12.1. The average molecular weight is 692 g/mol. The van der Waals surface area contributed by atoms with E-state index in [2.05, 4.69) is 165 Å². The van der Waals surface area contributed by atoms with Gasteiger partial charge in [-0.15, -0.1) is 0 Å². The molecule has 0 aliphatic carbocycles. The minimum absolute atomic E-state index is 0.748. The van der Waals surface area contributed by atoms with E-state index in [0.29, 0.717) is 0 Å². The number of fused-ring (bicyclic) bond motifs is 15. The first kappa shape index (κ1) is 29.2. The molecular formula is C48H29N5O. The minimum Gasteiger partial charge on any atom is -0.457 e. The zero-order valence-electron chi connectivity index (χ0n) is 28.9. The summed E-state index contributed by atoms with van der Waals surface area (Å²) < 4.78 is 13.7. The molecule has 7 aromatic carbocycles. The Kier molecular flexibility index (Phi) is 5.96. The second-order valence-corrected chi connectivity index (χ2v) is 13.8. The van der Waals surface area contributed by atoms with Crippen molar-refractivity contribution in [3.8, 4) is 23.0 Å². The van der Waals surface area contributed by atoms with Gasteiger partial charge < -0.3 is 9.30 Å². The molecule has 0 aliphatic heterocycles. The van der Waals surface area contributed by atoms with E-state index in [0.717, 1.165) is 83.3 Å². The Morgan fingerprint density at radius 3 is 1.93 bits per heavy atom. The van der Waals surface area contributed by atoms with E-state index in [1.54, 1.807) is 0 Å². The summed E-state index contributed by atoms with van der Waals surface area (Å²) in [5.41, 5.74) is 9.69. The molecule has 0 N–H and O–H groups in total. The molecule has 0 atom stereocenters. The largest absolute Gasteiger partial charge is 0.457 e. The fourth-order valence-corrected chi connectivity index (χ4v) is 8.67. The number of hydrogen-bond acceptors (Lipinski definition) is 3. The Morgan fingerprint density at radius 1 is 0.426 bits per heavy atom. The van der Waals surface area contributed by atoms with E-state index >= 15 is 0 Å². The number of benzene rings is 7. The number of ether oxygens (including phenoxy) is 1. The number of pyridine rings is 2. The molecule has 0 unspecified atom stereocenters. The molecule has 5 aromatic heterocycles. The van der Waals surface area contributed by atoms with Crippen LogP contribution in [0.1, 0.15) is 0 Å². The van der Waals surface area contributed by atoms with Crippen LogP contribution in [-0.2, 0) is 0 Å². The van der Waals surface area contributed by atoms with Crippen LogP contribution in [0.3, 0.4) is 0 Å². The maximum Gasteiger partial charge on any atom is 0.146 e. The Morgan fingerprint density at radius 2 is 1.09 bits per heavy atom. The molecular weight excluding hydrogens is 663 g/mol. The maximum atomic E-state index is 6.72. The summed E-state index contributed by atoms with van der Waals surface area (Å²) >= 11 is 0. The molecule has 0 aliphatic rings. The molecule has 0 bridgehead atoms. The van der Waals surface area contributed by atoms with Crippen LogP contribution in [0, 0.1) is 0 Å². The third kappa shape index (κ3) is 4.05. The predicted molar refractivity (Wildman–Crippen MR) is 221 cm³/mol. The third-order valence-corrected chi connectivity index (χ3v) is 10.9. The highest BCUT2D eigenvalue weighted by Crippen LogP contribution is 2.42. The highest BCUT2D eigenvalue weighted by Gasteiger charge is 2.21. The van der Waals surface area contributed by atoms with Crippen molar-refractivity contribution in [1.82, 2.24) is 23.5 Å². The van der Waals surface area contributed by atoms with Crippen molar-refractivity contribution < 1.29 is 4.74 Å². The van der Waals surface area contributed by atoms with Crippen molar-refractivity contribution >= 4 is 82.0 Å². The van der Waals surface area contributed by atoms with Gasteiger partial charge in [-0.05, 0) is 90.3 Å².